The van der Waals surface area contributed by atoms with Crippen LogP contribution < -0.4 is 10.6 Å². The summed E-state index contributed by atoms with van der Waals surface area (Å²) >= 11 is 0. The lowest BCUT2D eigenvalue weighted by molar-refractivity contribution is -0.125. The van der Waals surface area contributed by atoms with Crippen molar-refractivity contribution in [2.45, 2.75) is 38.8 Å². The lowest BCUT2D eigenvalue weighted by Crippen LogP contribution is -2.41. The molecule has 1 amide bonds. The van der Waals surface area contributed by atoms with Gasteiger partial charge in [0.2, 0.25) is 5.91 Å². The van der Waals surface area contributed by atoms with Crippen molar-refractivity contribution in [1.29, 1.82) is 0 Å². The van der Waals surface area contributed by atoms with Gasteiger partial charge < -0.3 is 15.1 Å². The molecule has 2 N–H and O–H groups in total. The van der Waals surface area contributed by atoms with Gasteiger partial charge in [0.25, 0.3) is 0 Å². The minimum atomic E-state index is 0.106. The zero-order valence-corrected chi connectivity index (χ0v) is 10.4. The van der Waals surface area contributed by atoms with Crippen molar-refractivity contribution < 1.29 is 9.21 Å². The monoisotopic (exact) mass is 236 g/mol. The van der Waals surface area contributed by atoms with E-state index < -0.39 is 0 Å². The maximum absolute atomic E-state index is 12.0. The summed E-state index contributed by atoms with van der Waals surface area (Å²) in [5.41, 5.74) is 0. The lowest BCUT2D eigenvalue weighted by Gasteiger charge is -2.18. The number of furan rings is 1. The van der Waals surface area contributed by atoms with E-state index in [0.29, 0.717) is 0 Å². The van der Waals surface area contributed by atoms with Gasteiger partial charge in [0.1, 0.15) is 5.76 Å². The van der Waals surface area contributed by atoms with Gasteiger partial charge in [0.15, 0.2) is 0 Å². The molecule has 0 aromatic carbocycles. The smallest absolute Gasteiger partial charge is 0.224 e. The van der Waals surface area contributed by atoms with E-state index in [-0.39, 0.29) is 23.9 Å². The molecule has 2 rings (SSSR count). The SMILES string of the molecule is CC(Cc1ccco1)NC(=O)C1CCNC1C. The van der Waals surface area contributed by atoms with Crippen LogP contribution in [0.3, 0.4) is 0 Å². The Hall–Kier alpha value is -1.29. The molecule has 1 aliphatic rings. The average molecular weight is 236 g/mol. The van der Waals surface area contributed by atoms with Crippen LogP contribution in [0.15, 0.2) is 22.8 Å². The van der Waals surface area contributed by atoms with E-state index >= 15 is 0 Å². The van der Waals surface area contributed by atoms with Crippen LogP contribution in [0.2, 0.25) is 0 Å². The summed E-state index contributed by atoms with van der Waals surface area (Å²) in [7, 11) is 0. The Labute approximate surface area is 102 Å². The van der Waals surface area contributed by atoms with Crippen LogP contribution in [0.4, 0.5) is 0 Å². The number of hydrogen-bond acceptors (Lipinski definition) is 3. The zero-order chi connectivity index (χ0) is 12.3. The van der Waals surface area contributed by atoms with Gasteiger partial charge in [-0.2, -0.15) is 0 Å². The van der Waals surface area contributed by atoms with E-state index in [9.17, 15) is 4.79 Å². The van der Waals surface area contributed by atoms with Crippen LogP contribution in [-0.4, -0.2) is 24.5 Å². The molecule has 0 bridgehead atoms. The highest BCUT2D eigenvalue weighted by Crippen LogP contribution is 2.15. The Morgan fingerprint density at radius 2 is 2.53 bits per heavy atom. The number of carbonyl (C=O) groups excluding carboxylic acids is 1. The molecule has 17 heavy (non-hydrogen) atoms. The van der Waals surface area contributed by atoms with Crippen molar-refractivity contribution >= 4 is 5.91 Å². The molecule has 2 heterocycles. The second-order valence-corrected chi connectivity index (χ2v) is 4.83. The van der Waals surface area contributed by atoms with E-state index in [2.05, 4.69) is 17.6 Å². The number of rotatable bonds is 4. The molecule has 1 aromatic heterocycles. The summed E-state index contributed by atoms with van der Waals surface area (Å²) in [6.45, 7) is 5.01. The topological polar surface area (TPSA) is 54.3 Å². The molecular formula is C13H20N2O2. The van der Waals surface area contributed by atoms with Crippen molar-refractivity contribution in [3.05, 3.63) is 24.2 Å². The second-order valence-electron chi connectivity index (χ2n) is 4.83. The molecule has 3 unspecified atom stereocenters. The van der Waals surface area contributed by atoms with Crippen LogP contribution in [0, 0.1) is 5.92 Å². The van der Waals surface area contributed by atoms with Crippen molar-refractivity contribution in [3.8, 4) is 0 Å². The minimum absolute atomic E-state index is 0.106. The Morgan fingerprint density at radius 3 is 3.12 bits per heavy atom. The standard InChI is InChI=1S/C13H20N2O2/c1-9(8-11-4-3-7-17-11)15-13(16)12-5-6-14-10(12)2/h3-4,7,9-10,12,14H,5-6,8H2,1-2H3,(H,15,16). The molecule has 0 aliphatic carbocycles. The first-order chi connectivity index (χ1) is 8.16. The van der Waals surface area contributed by atoms with Crippen molar-refractivity contribution in [3.63, 3.8) is 0 Å². The molecule has 0 radical (unpaired) electrons. The summed E-state index contributed by atoms with van der Waals surface area (Å²) in [6.07, 6.45) is 3.33. The Balaban J connectivity index is 1.82. The summed E-state index contributed by atoms with van der Waals surface area (Å²) in [4.78, 5) is 12.0. The Bertz CT molecular complexity index is 362. The maximum atomic E-state index is 12.0. The zero-order valence-electron chi connectivity index (χ0n) is 10.4. The fourth-order valence-corrected chi connectivity index (χ4v) is 2.35. The Kier molecular flexibility index (Phi) is 3.84. The highest BCUT2D eigenvalue weighted by Gasteiger charge is 2.29. The normalized spacial score (nSPS) is 25.8. The third-order valence-corrected chi connectivity index (χ3v) is 3.34. The summed E-state index contributed by atoms with van der Waals surface area (Å²) < 4.78 is 5.27. The molecule has 0 spiro atoms. The molecule has 0 saturated carbocycles. The van der Waals surface area contributed by atoms with Crippen LogP contribution in [0.5, 0.6) is 0 Å². The number of hydrogen-bond donors (Lipinski definition) is 2. The molecule has 1 aliphatic heterocycles. The molecule has 4 nitrogen and oxygen atoms in total. The van der Waals surface area contributed by atoms with E-state index in [1.54, 1.807) is 6.26 Å². The average Bonchev–Trinajstić information content (AvgIpc) is 2.88. The number of carbonyl (C=O) groups is 1. The Morgan fingerprint density at radius 1 is 1.71 bits per heavy atom. The molecular weight excluding hydrogens is 216 g/mol. The number of nitrogens with one attached hydrogen (secondary N) is 2. The first-order valence-electron chi connectivity index (χ1n) is 6.23. The quantitative estimate of drug-likeness (QED) is 0.829. The predicted molar refractivity (Wildman–Crippen MR) is 65.6 cm³/mol. The molecule has 94 valence electrons. The highest BCUT2D eigenvalue weighted by atomic mass is 16.3. The first kappa shape index (κ1) is 12.2. The number of amides is 1. The lowest BCUT2D eigenvalue weighted by atomic mass is 10.0. The van der Waals surface area contributed by atoms with Gasteiger partial charge in [-0.25, -0.2) is 0 Å². The van der Waals surface area contributed by atoms with E-state index in [1.807, 2.05) is 19.1 Å². The molecule has 1 aromatic rings. The minimum Gasteiger partial charge on any atom is -0.469 e. The molecule has 1 fully saturated rings. The van der Waals surface area contributed by atoms with Gasteiger partial charge in [0.05, 0.1) is 12.2 Å². The second kappa shape index (κ2) is 5.36. The van der Waals surface area contributed by atoms with Gasteiger partial charge in [0, 0.05) is 18.5 Å². The van der Waals surface area contributed by atoms with Gasteiger partial charge in [-0.1, -0.05) is 0 Å². The van der Waals surface area contributed by atoms with Crippen molar-refractivity contribution in [2.75, 3.05) is 6.54 Å². The largest absolute Gasteiger partial charge is 0.469 e. The van der Waals surface area contributed by atoms with E-state index in [1.165, 1.54) is 0 Å². The van der Waals surface area contributed by atoms with Crippen LogP contribution in [0.1, 0.15) is 26.0 Å². The van der Waals surface area contributed by atoms with Crippen LogP contribution >= 0.6 is 0 Å². The first-order valence-corrected chi connectivity index (χ1v) is 6.23. The maximum Gasteiger partial charge on any atom is 0.224 e. The fourth-order valence-electron chi connectivity index (χ4n) is 2.35. The van der Waals surface area contributed by atoms with Gasteiger partial charge in [-0.15, -0.1) is 0 Å². The molecule has 3 atom stereocenters. The van der Waals surface area contributed by atoms with Crippen LogP contribution in [-0.2, 0) is 11.2 Å². The third kappa shape index (κ3) is 3.09. The van der Waals surface area contributed by atoms with E-state index in [0.717, 1.165) is 25.1 Å². The molecule has 4 heteroatoms. The van der Waals surface area contributed by atoms with Crippen molar-refractivity contribution in [2.24, 2.45) is 5.92 Å². The fraction of sp³-hybridized carbons (Fsp3) is 0.615. The van der Waals surface area contributed by atoms with Gasteiger partial charge in [-0.05, 0) is 38.9 Å². The summed E-state index contributed by atoms with van der Waals surface area (Å²) in [6, 6.07) is 4.20. The van der Waals surface area contributed by atoms with Crippen molar-refractivity contribution in [1.82, 2.24) is 10.6 Å². The summed E-state index contributed by atoms with van der Waals surface area (Å²) in [5, 5.41) is 6.34. The summed E-state index contributed by atoms with van der Waals surface area (Å²) in [5.74, 6) is 1.17. The van der Waals surface area contributed by atoms with E-state index in [4.69, 9.17) is 4.42 Å². The van der Waals surface area contributed by atoms with Crippen LogP contribution in [0.25, 0.3) is 0 Å². The highest BCUT2D eigenvalue weighted by molar-refractivity contribution is 5.80. The third-order valence-electron chi connectivity index (χ3n) is 3.34. The van der Waals surface area contributed by atoms with Gasteiger partial charge >= 0.3 is 0 Å². The predicted octanol–water partition coefficient (Wildman–Crippen LogP) is 1.32. The molecule has 1 saturated heterocycles. The van der Waals surface area contributed by atoms with Gasteiger partial charge in [-0.3, -0.25) is 4.79 Å².